The molecule has 0 aliphatic heterocycles. The third kappa shape index (κ3) is 5.76. The van der Waals surface area contributed by atoms with Crippen molar-refractivity contribution < 1.29 is 27.9 Å². The molecule has 186 valence electrons. The lowest BCUT2D eigenvalue weighted by molar-refractivity contribution is -0.124. The summed E-state index contributed by atoms with van der Waals surface area (Å²) in [5.41, 5.74) is 1.46. The lowest BCUT2D eigenvalue weighted by Crippen LogP contribution is -2.42. The maximum absolute atomic E-state index is 13.2. The number of carboxylic acids is 1. The molecule has 10 nitrogen and oxygen atoms in total. The minimum Gasteiger partial charge on any atom is -0.478 e. The van der Waals surface area contributed by atoms with Gasteiger partial charge in [-0.3, -0.25) is 9.59 Å². The fourth-order valence-electron chi connectivity index (χ4n) is 3.69. The maximum atomic E-state index is 13.2. The smallest absolute Gasteiger partial charge is 0.335 e. The summed E-state index contributed by atoms with van der Waals surface area (Å²) in [4.78, 5) is 36.2. The number of aromatic carboxylic acids is 1. The van der Waals surface area contributed by atoms with E-state index in [0.717, 1.165) is 6.92 Å². The Balaban J connectivity index is 1.95. The van der Waals surface area contributed by atoms with Crippen molar-refractivity contribution in [3.63, 3.8) is 0 Å². The van der Waals surface area contributed by atoms with Gasteiger partial charge in [-0.25, -0.2) is 14.2 Å². The molecule has 0 saturated carbocycles. The van der Waals surface area contributed by atoms with E-state index < -0.39 is 34.0 Å². The molecule has 2 aromatic carbocycles. The highest BCUT2D eigenvalue weighted by Crippen LogP contribution is 2.32. The lowest BCUT2D eigenvalue weighted by Gasteiger charge is -2.24. The van der Waals surface area contributed by atoms with Crippen LogP contribution in [0.1, 0.15) is 45.8 Å². The summed E-state index contributed by atoms with van der Waals surface area (Å²) < 4.78 is 25.7. The number of carbonyl (C=O) groups is 3. The number of amides is 2. The fraction of sp³-hybridized carbons (Fsp3) is 0.227. The van der Waals surface area contributed by atoms with E-state index in [9.17, 15) is 22.8 Å². The van der Waals surface area contributed by atoms with E-state index in [4.69, 9.17) is 33.4 Å². The Morgan fingerprint density at radius 1 is 1.14 bits per heavy atom. The van der Waals surface area contributed by atoms with E-state index in [-0.39, 0.29) is 24.2 Å². The first-order valence-electron chi connectivity index (χ1n) is 10.2. The summed E-state index contributed by atoms with van der Waals surface area (Å²) in [6.07, 6.45) is -0.0231. The molecule has 4 N–H and O–H groups in total. The number of benzene rings is 2. The molecule has 1 atom stereocenters. The molecule has 3 aromatic rings. The van der Waals surface area contributed by atoms with Crippen molar-refractivity contribution in [2.45, 2.75) is 19.4 Å². The average molecular weight is 541 g/mol. The number of hydrogen-bond acceptors (Lipinski definition) is 5. The van der Waals surface area contributed by atoms with Gasteiger partial charge in [0, 0.05) is 31.4 Å². The maximum Gasteiger partial charge on any atom is 0.335 e. The monoisotopic (exact) mass is 540 g/mol. The summed E-state index contributed by atoms with van der Waals surface area (Å²) in [7, 11) is -2.63. The van der Waals surface area contributed by atoms with Crippen LogP contribution in [-0.2, 0) is 22.1 Å². The van der Waals surface area contributed by atoms with Gasteiger partial charge < -0.3 is 15.0 Å². The number of aryl methyl sites for hydroxylation is 1. The molecule has 1 aromatic heterocycles. The standard InChI is InChI=1S/C22H22Cl2N4O6S/c1-12(29)28(35(25,33)34)10-9-17(13-3-5-14(6-4-13)22(31)32)26-21(30)19-11-15-18(27(19)2)8-7-16(23)20(15)24/h3-8,11,17H,9-10H2,1-2H3,(H,26,30)(H,31,32)(H2,25,33,34). The van der Waals surface area contributed by atoms with Crippen LogP contribution in [0.25, 0.3) is 10.9 Å². The molecule has 1 heterocycles. The third-order valence-corrected chi connectivity index (χ3v) is 7.36. The van der Waals surface area contributed by atoms with Gasteiger partial charge in [-0.05, 0) is 42.3 Å². The Hall–Kier alpha value is -3.12. The largest absolute Gasteiger partial charge is 0.478 e. The van der Waals surface area contributed by atoms with Crippen LogP contribution in [0.15, 0.2) is 42.5 Å². The zero-order valence-electron chi connectivity index (χ0n) is 18.7. The third-order valence-electron chi connectivity index (χ3n) is 5.49. The molecule has 0 fully saturated rings. The summed E-state index contributed by atoms with van der Waals surface area (Å²) in [6.45, 7) is 0.750. The second-order valence-electron chi connectivity index (χ2n) is 7.76. The molecule has 35 heavy (non-hydrogen) atoms. The van der Waals surface area contributed by atoms with Gasteiger partial charge in [0.15, 0.2) is 0 Å². The van der Waals surface area contributed by atoms with E-state index in [1.165, 1.54) is 24.3 Å². The Kier molecular flexibility index (Phi) is 7.75. The molecular weight excluding hydrogens is 519 g/mol. The topological polar surface area (TPSA) is 152 Å². The molecule has 0 aliphatic carbocycles. The number of nitrogens with one attached hydrogen (secondary N) is 1. The molecular formula is C22H22Cl2N4O6S. The number of halogens is 2. The number of carboxylic acid groups (broad SMARTS) is 1. The molecule has 2 amide bonds. The Labute approximate surface area is 211 Å². The predicted octanol–water partition coefficient (Wildman–Crippen LogP) is 3.10. The minimum atomic E-state index is -4.31. The minimum absolute atomic E-state index is 0.0231. The zero-order chi connectivity index (χ0) is 26.1. The van der Waals surface area contributed by atoms with E-state index in [1.807, 2.05) is 0 Å². The average Bonchev–Trinajstić information content (AvgIpc) is 3.11. The van der Waals surface area contributed by atoms with Crippen LogP contribution in [0.5, 0.6) is 0 Å². The van der Waals surface area contributed by atoms with E-state index in [1.54, 1.807) is 29.8 Å². The molecule has 0 bridgehead atoms. The second-order valence-corrected chi connectivity index (χ2v) is 10.0. The van der Waals surface area contributed by atoms with Gasteiger partial charge in [-0.2, -0.15) is 8.42 Å². The summed E-state index contributed by atoms with van der Waals surface area (Å²) in [6, 6.07) is 9.85. The van der Waals surface area contributed by atoms with Crippen LogP contribution in [0.3, 0.4) is 0 Å². The predicted molar refractivity (Wildman–Crippen MR) is 132 cm³/mol. The van der Waals surface area contributed by atoms with Crippen molar-refractivity contribution >= 4 is 62.1 Å². The van der Waals surface area contributed by atoms with Crippen molar-refractivity contribution in [1.82, 2.24) is 14.2 Å². The Morgan fingerprint density at radius 2 is 1.77 bits per heavy atom. The Bertz CT molecular complexity index is 1420. The van der Waals surface area contributed by atoms with Crippen molar-refractivity contribution in [2.24, 2.45) is 12.2 Å². The highest BCUT2D eigenvalue weighted by molar-refractivity contribution is 7.87. The zero-order valence-corrected chi connectivity index (χ0v) is 21.0. The highest BCUT2D eigenvalue weighted by Gasteiger charge is 2.25. The molecule has 0 aliphatic rings. The molecule has 3 rings (SSSR count). The van der Waals surface area contributed by atoms with Gasteiger partial charge in [0.2, 0.25) is 5.91 Å². The SMILES string of the molecule is CC(=O)N(CCC(NC(=O)c1cc2c(Cl)c(Cl)ccc2n1C)c1ccc(C(=O)O)cc1)S(N)(=O)=O. The van der Waals surface area contributed by atoms with Gasteiger partial charge in [0.05, 0.1) is 21.7 Å². The van der Waals surface area contributed by atoms with Crippen molar-refractivity contribution in [3.8, 4) is 0 Å². The first kappa shape index (κ1) is 26.5. The molecule has 13 heteroatoms. The lowest BCUT2D eigenvalue weighted by atomic mass is 10.0. The van der Waals surface area contributed by atoms with Crippen molar-refractivity contribution in [2.75, 3.05) is 6.54 Å². The van der Waals surface area contributed by atoms with E-state index >= 15 is 0 Å². The highest BCUT2D eigenvalue weighted by atomic mass is 35.5. The number of aromatic nitrogens is 1. The van der Waals surface area contributed by atoms with Crippen LogP contribution in [0.4, 0.5) is 0 Å². The number of hydrogen-bond donors (Lipinski definition) is 3. The van der Waals surface area contributed by atoms with Crippen molar-refractivity contribution in [1.29, 1.82) is 0 Å². The van der Waals surface area contributed by atoms with Crippen LogP contribution in [0.2, 0.25) is 10.0 Å². The molecule has 0 spiro atoms. The summed E-state index contributed by atoms with van der Waals surface area (Å²) in [5, 5.41) is 18.3. The van der Waals surface area contributed by atoms with Gasteiger partial charge in [-0.15, -0.1) is 0 Å². The fourth-order valence-corrected chi connectivity index (χ4v) is 4.79. The quantitative estimate of drug-likeness (QED) is 0.399. The van der Waals surface area contributed by atoms with Gasteiger partial charge in [-0.1, -0.05) is 35.3 Å². The van der Waals surface area contributed by atoms with Gasteiger partial charge >= 0.3 is 16.2 Å². The van der Waals surface area contributed by atoms with Crippen LogP contribution in [-0.4, -0.2) is 46.7 Å². The van der Waals surface area contributed by atoms with Gasteiger partial charge in [0.25, 0.3) is 5.91 Å². The number of carbonyl (C=O) groups excluding carboxylic acids is 2. The van der Waals surface area contributed by atoms with Crippen LogP contribution in [0, 0.1) is 0 Å². The van der Waals surface area contributed by atoms with E-state index in [0.29, 0.717) is 30.8 Å². The number of fused-ring (bicyclic) bond motifs is 1. The van der Waals surface area contributed by atoms with Gasteiger partial charge in [0.1, 0.15) is 5.69 Å². The summed E-state index contributed by atoms with van der Waals surface area (Å²) >= 11 is 12.4. The van der Waals surface area contributed by atoms with Crippen molar-refractivity contribution in [3.05, 3.63) is 69.3 Å². The second kappa shape index (κ2) is 10.2. The first-order chi connectivity index (χ1) is 16.3. The summed E-state index contributed by atoms with van der Waals surface area (Å²) in [5.74, 6) is -2.41. The first-order valence-corrected chi connectivity index (χ1v) is 12.5. The molecule has 0 radical (unpaired) electrons. The number of nitrogens with zero attached hydrogens (tertiary/aromatic N) is 2. The molecule has 1 unspecified atom stereocenters. The van der Waals surface area contributed by atoms with E-state index in [2.05, 4.69) is 5.32 Å². The Morgan fingerprint density at radius 3 is 2.31 bits per heavy atom. The van der Waals surface area contributed by atoms with Crippen LogP contribution < -0.4 is 10.5 Å². The number of nitrogens with two attached hydrogens (primary N) is 1. The number of rotatable bonds is 8. The van der Waals surface area contributed by atoms with Crippen LogP contribution >= 0.6 is 23.2 Å². The molecule has 0 saturated heterocycles. The normalized spacial score (nSPS) is 12.4.